The highest BCUT2D eigenvalue weighted by Crippen LogP contribution is 2.22. The first-order chi connectivity index (χ1) is 16.6. The Balaban J connectivity index is 3.48. The van der Waals surface area contributed by atoms with Crippen molar-refractivity contribution in [2.45, 2.75) is 86.0 Å². The third-order valence-corrected chi connectivity index (χ3v) is 5.42. The second-order valence-electron chi connectivity index (χ2n) is 9.71. The number of carbonyl (C=O) groups is 3. The standard InChI is InChI=1S/C27H49NO7/c1-21(2)20-24(22(3)4)26(30)33-15-12-10-8-7-9-11-13-16-35-27(31)28-14-17-32-18-19-34-25(29)23(5)6/h21-22,24H,5,7-20H2,1-4,6H3,(H,28,31). The van der Waals surface area contributed by atoms with Crippen molar-refractivity contribution in [3.05, 3.63) is 12.2 Å². The molecule has 0 rings (SSSR count). The molecule has 0 aromatic rings. The van der Waals surface area contributed by atoms with Crippen molar-refractivity contribution < 1.29 is 33.3 Å². The lowest BCUT2D eigenvalue weighted by Gasteiger charge is -2.21. The van der Waals surface area contributed by atoms with Crippen LogP contribution in [0.3, 0.4) is 0 Å². The summed E-state index contributed by atoms with van der Waals surface area (Å²) in [6.45, 7) is 15.5. The summed E-state index contributed by atoms with van der Waals surface area (Å²) in [6.07, 6.45) is 7.58. The van der Waals surface area contributed by atoms with Gasteiger partial charge < -0.3 is 24.3 Å². The molecule has 8 nitrogen and oxygen atoms in total. The summed E-state index contributed by atoms with van der Waals surface area (Å²) in [5.41, 5.74) is 0.348. The number of esters is 2. The fraction of sp³-hybridized carbons (Fsp3) is 0.815. The van der Waals surface area contributed by atoms with Crippen molar-refractivity contribution in [2.75, 3.05) is 39.6 Å². The van der Waals surface area contributed by atoms with Gasteiger partial charge in [0.05, 0.1) is 32.3 Å². The lowest BCUT2D eigenvalue weighted by Crippen LogP contribution is -2.28. The van der Waals surface area contributed by atoms with Crippen LogP contribution in [0.15, 0.2) is 12.2 Å². The number of ether oxygens (including phenoxy) is 4. The van der Waals surface area contributed by atoms with E-state index in [2.05, 4.69) is 39.6 Å². The number of rotatable bonds is 21. The number of hydrogen-bond donors (Lipinski definition) is 1. The van der Waals surface area contributed by atoms with Crippen LogP contribution in [0.25, 0.3) is 0 Å². The Morgan fingerprint density at radius 3 is 1.86 bits per heavy atom. The van der Waals surface area contributed by atoms with Gasteiger partial charge in [0.25, 0.3) is 0 Å². The van der Waals surface area contributed by atoms with E-state index in [4.69, 9.17) is 18.9 Å². The predicted octanol–water partition coefficient (Wildman–Crippen LogP) is 5.44. The zero-order valence-electron chi connectivity index (χ0n) is 22.7. The van der Waals surface area contributed by atoms with Gasteiger partial charge >= 0.3 is 18.0 Å². The molecule has 0 aliphatic carbocycles. The predicted molar refractivity (Wildman–Crippen MR) is 137 cm³/mol. The molecule has 1 unspecified atom stereocenters. The highest BCUT2D eigenvalue weighted by atomic mass is 16.6. The second kappa shape index (κ2) is 21.2. The van der Waals surface area contributed by atoms with E-state index in [0.717, 1.165) is 51.4 Å². The van der Waals surface area contributed by atoms with Gasteiger partial charge in [-0.2, -0.15) is 0 Å². The summed E-state index contributed by atoms with van der Waals surface area (Å²) >= 11 is 0. The van der Waals surface area contributed by atoms with Crippen LogP contribution in [-0.4, -0.2) is 57.6 Å². The van der Waals surface area contributed by atoms with Gasteiger partial charge in [0.2, 0.25) is 0 Å². The van der Waals surface area contributed by atoms with E-state index in [0.29, 0.717) is 43.8 Å². The lowest BCUT2D eigenvalue weighted by atomic mass is 9.88. The molecule has 0 aromatic heterocycles. The number of nitrogens with one attached hydrogen (secondary N) is 1. The normalized spacial score (nSPS) is 11.9. The van der Waals surface area contributed by atoms with E-state index in [9.17, 15) is 14.4 Å². The van der Waals surface area contributed by atoms with E-state index < -0.39 is 12.1 Å². The average Bonchev–Trinajstić information content (AvgIpc) is 2.79. The van der Waals surface area contributed by atoms with Crippen LogP contribution in [0.2, 0.25) is 0 Å². The van der Waals surface area contributed by atoms with Crippen LogP contribution in [-0.2, 0) is 28.5 Å². The smallest absolute Gasteiger partial charge is 0.407 e. The highest BCUT2D eigenvalue weighted by Gasteiger charge is 2.24. The molecule has 0 aliphatic rings. The zero-order valence-corrected chi connectivity index (χ0v) is 22.7. The summed E-state index contributed by atoms with van der Waals surface area (Å²) in [5, 5.41) is 2.62. The van der Waals surface area contributed by atoms with Gasteiger partial charge in [0.1, 0.15) is 6.61 Å². The fourth-order valence-corrected chi connectivity index (χ4v) is 3.38. The minimum atomic E-state index is -0.454. The Morgan fingerprint density at radius 1 is 0.743 bits per heavy atom. The molecular formula is C27H49NO7. The fourth-order valence-electron chi connectivity index (χ4n) is 3.38. The number of hydrogen-bond acceptors (Lipinski definition) is 7. The van der Waals surface area contributed by atoms with Gasteiger partial charge in [-0.05, 0) is 38.0 Å². The molecule has 0 bridgehead atoms. The van der Waals surface area contributed by atoms with E-state index in [1.807, 2.05) is 0 Å². The first-order valence-electron chi connectivity index (χ1n) is 13.1. The number of amides is 1. The monoisotopic (exact) mass is 499 g/mol. The van der Waals surface area contributed by atoms with Crippen LogP contribution in [0.4, 0.5) is 4.79 Å². The first-order valence-corrected chi connectivity index (χ1v) is 13.1. The Kier molecular flexibility index (Phi) is 19.9. The highest BCUT2D eigenvalue weighted by molar-refractivity contribution is 5.86. The molecule has 1 atom stereocenters. The first kappa shape index (κ1) is 32.9. The van der Waals surface area contributed by atoms with Crippen molar-refractivity contribution >= 4 is 18.0 Å². The summed E-state index contributed by atoms with van der Waals surface area (Å²) in [7, 11) is 0. The maximum atomic E-state index is 12.3. The summed E-state index contributed by atoms with van der Waals surface area (Å²) < 4.78 is 20.8. The molecule has 1 amide bonds. The molecule has 1 N–H and O–H groups in total. The quantitative estimate of drug-likeness (QED) is 0.0971. The summed E-state index contributed by atoms with van der Waals surface area (Å²) in [6, 6.07) is 0. The van der Waals surface area contributed by atoms with Gasteiger partial charge in [0.15, 0.2) is 0 Å². The van der Waals surface area contributed by atoms with E-state index >= 15 is 0 Å². The molecule has 204 valence electrons. The summed E-state index contributed by atoms with van der Waals surface area (Å²) in [5.74, 6) is 0.312. The molecule has 0 heterocycles. The zero-order chi connectivity index (χ0) is 26.5. The molecule has 8 heteroatoms. The van der Waals surface area contributed by atoms with Crippen molar-refractivity contribution in [3.63, 3.8) is 0 Å². The van der Waals surface area contributed by atoms with Crippen LogP contribution >= 0.6 is 0 Å². The second-order valence-corrected chi connectivity index (χ2v) is 9.71. The Morgan fingerprint density at radius 2 is 1.31 bits per heavy atom. The van der Waals surface area contributed by atoms with Gasteiger partial charge in [-0.3, -0.25) is 4.79 Å². The third-order valence-electron chi connectivity index (χ3n) is 5.42. The van der Waals surface area contributed by atoms with Gasteiger partial charge in [-0.15, -0.1) is 0 Å². The van der Waals surface area contributed by atoms with E-state index in [-0.39, 0.29) is 25.1 Å². The largest absolute Gasteiger partial charge is 0.465 e. The number of alkyl carbamates (subject to hydrolysis) is 1. The molecule has 0 radical (unpaired) electrons. The van der Waals surface area contributed by atoms with Gasteiger partial charge in [-0.25, -0.2) is 9.59 Å². The Bertz CT molecular complexity index is 604. The Hall–Kier alpha value is -2.09. The van der Waals surface area contributed by atoms with Crippen molar-refractivity contribution in [3.8, 4) is 0 Å². The molecule has 0 fully saturated rings. The molecule has 0 aliphatic heterocycles. The molecule has 0 aromatic carbocycles. The molecule has 0 saturated heterocycles. The summed E-state index contributed by atoms with van der Waals surface area (Å²) in [4.78, 5) is 35.0. The van der Waals surface area contributed by atoms with Crippen LogP contribution in [0, 0.1) is 17.8 Å². The number of carbonyl (C=O) groups excluding carboxylic acids is 3. The Labute approximate surface area is 212 Å². The van der Waals surface area contributed by atoms with Crippen molar-refractivity contribution in [1.82, 2.24) is 5.32 Å². The average molecular weight is 500 g/mol. The van der Waals surface area contributed by atoms with Crippen molar-refractivity contribution in [1.29, 1.82) is 0 Å². The van der Waals surface area contributed by atoms with Crippen LogP contribution in [0.5, 0.6) is 0 Å². The van der Waals surface area contributed by atoms with Crippen molar-refractivity contribution in [2.24, 2.45) is 17.8 Å². The maximum absolute atomic E-state index is 12.3. The van der Waals surface area contributed by atoms with Gasteiger partial charge in [0, 0.05) is 12.1 Å². The molecule has 35 heavy (non-hydrogen) atoms. The molecule has 0 saturated carbocycles. The number of unbranched alkanes of at least 4 members (excludes halogenated alkanes) is 6. The van der Waals surface area contributed by atoms with E-state index in [1.54, 1.807) is 6.92 Å². The minimum absolute atomic E-state index is 0.00218. The van der Waals surface area contributed by atoms with Crippen LogP contribution < -0.4 is 5.32 Å². The molecular weight excluding hydrogens is 450 g/mol. The third kappa shape index (κ3) is 19.9. The lowest BCUT2D eigenvalue weighted by molar-refractivity contribution is -0.151. The van der Waals surface area contributed by atoms with Gasteiger partial charge in [-0.1, -0.05) is 66.4 Å². The SMILES string of the molecule is C=C(C)C(=O)OCCOCCNC(=O)OCCCCCCCCCOC(=O)C(CC(C)C)C(C)C. The molecule has 0 spiro atoms. The van der Waals surface area contributed by atoms with Crippen LogP contribution in [0.1, 0.15) is 86.0 Å². The minimum Gasteiger partial charge on any atom is -0.465 e. The van der Waals surface area contributed by atoms with E-state index in [1.165, 1.54) is 0 Å². The maximum Gasteiger partial charge on any atom is 0.407 e. The topological polar surface area (TPSA) is 100 Å².